The molecule has 0 bridgehead atoms. The Hall–Kier alpha value is -6.76. The van der Waals surface area contributed by atoms with Crippen LogP contribution in [0.5, 0.6) is 0 Å². The van der Waals surface area contributed by atoms with Gasteiger partial charge in [-0.3, -0.25) is 0 Å². The largest absolute Gasteiger partial charge is 0.0619 e. The van der Waals surface area contributed by atoms with Crippen LogP contribution in [0.25, 0.3) is 98.7 Å². The van der Waals surface area contributed by atoms with Crippen LogP contribution in [-0.2, 0) is 5.41 Å². The van der Waals surface area contributed by atoms with Crippen LogP contribution in [0.3, 0.4) is 0 Å². The van der Waals surface area contributed by atoms with Gasteiger partial charge >= 0.3 is 0 Å². The molecule has 1 aliphatic rings. The summed E-state index contributed by atoms with van der Waals surface area (Å²) in [4.78, 5) is 0. The summed E-state index contributed by atoms with van der Waals surface area (Å²) >= 11 is 0. The molecule has 0 fully saturated rings. The third kappa shape index (κ3) is 4.79. The van der Waals surface area contributed by atoms with E-state index in [1.54, 1.807) is 0 Å². The molecular formula is C56H40. The maximum absolute atomic E-state index is 2.48. The molecule has 0 nitrogen and oxygen atoms in total. The summed E-state index contributed by atoms with van der Waals surface area (Å²) in [6, 6.07) is 70.4. The molecule has 10 aromatic rings. The minimum atomic E-state index is -0.0753. The second-order valence-corrected chi connectivity index (χ2v) is 16.1. The molecular weight excluding hydrogens is 673 g/mol. The van der Waals surface area contributed by atoms with Gasteiger partial charge < -0.3 is 0 Å². The first-order valence-corrected chi connectivity index (χ1v) is 19.8. The quantitative estimate of drug-likeness (QED) is 0.159. The van der Waals surface area contributed by atoms with Crippen LogP contribution < -0.4 is 0 Å². The van der Waals surface area contributed by atoms with Crippen LogP contribution in [0.4, 0.5) is 0 Å². The molecule has 0 aromatic heterocycles. The van der Waals surface area contributed by atoms with Gasteiger partial charge in [-0.15, -0.1) is 0 Å². The topological polar surface area (TPSA) is 0 Å². The molecule has 0 heteroatoms. The van der Waals surface area contributed by atoms with Crippen molar-refractivity contribution in [2.75, 3.05) is 0 Å². The molecule has 1 aliphatic carbocycles. The molecule has 0 atom stereocenters. The smallest absolute Gasteiger partial charge is 0.0159 e. The monoisotopic (exact) mass is 712 g/mol. The Morgan fingerprint density at radius 2 is 0.625 bits per heavy atom. The predicted octanol–water partition coefficient (Wildman–Crippen LogP) is 15.6. The molecule has 0 N–H and O–H groups in total. The van der Waals surface area contributed by atoms with E-state index in [-0.39, 0.29) is 5.41 Å². The standard InChI is InChI=1S/C56H40/c1-35-24-26-36(27-25-35)37-28-30-38(31-29-37)52-42-15-4-8-19-46(42)54(47-20-9-5-16-43(47)52)55-48-21-10-6-17-44(48)53(45-18-7-11-22-49(45)55)39-32-33-41-40-14-12-13-23-50(40)56(2,3)51(41)34-39/h4-34H,1-3H3. The van der Waals surface area contributed by atoms with Gasteiger partial charge in [0.1, 0.15) is 0 Å². The minimum absolute atomic E-state index is 0.0753. The first-order valence-electron chi connectivity index (χ1n) is 19.8. The third-order valence-electron chi connectivity index (χ3n) is 12.5. The lowest BCUT2D eigenvalue weighted by Gasteiger charge is -2.24. The SMILES string of the molecule is Cc1ccc(-c2ccc(-c3c4ccccc4c(-c4c5ccccc5c(-c5ccc6c(c5)C(C)(C)c5ccccc5-6)c5ccccc45)c4ccccc34)cc2)cc1. The van der Waals surface area contributed by atoms with Gasteiger partial charge in [-0.2, -0.15) is 0 Å². The molecule has 0 aliphatic heterocycles. The van der Waals surface area contributed by atoms with Crippen molar-refractivity contribution in [3.05, 3.63) is 205 Å². The zero-order valence-corrected chi connectivity index (χ0v) is 31.9. The molecule has 10 aromatic carbocycles. The van der Waals surface area contributed by atoms with E-state index >= 15 is 0 Å². The lowest BCUT2D eigenvalue weighted by molar-refractivity contribution is 0.660. The Balaban J connectivity index is 1.18. The maximum atomic E-state index is 2.48. The molecule has 0 radical (unpaired) electrons. The Morgan fingerprint density at radius 3 is 1.11 bits per heavy atom. The van der Waals surface area contributed by atoms with E-state index in [1.807, 2.05) is 0 Å². The highest BCUT2D eigenvalue weighted by Crippen LogP contribution is 2.53. The molecule has 264 valence electrons. The van der Waals surface area contributed by atoms with Crippen LogP contribution in [-0.4, -0.2) is 0 Å². The van der Waals surface area contributed by atoms with Crippen LogP contribution >= 0.6 is 0 Å². The van der Waals surface area contributed by atoms with Gasteiger partial charge in [-0.1, -0.05) is 201 Å². The van der Waals surface area contributed by atoms with Gasteiger partial charge in [0.2, 0.25) is 0 Å². The van der Waals surface area contributed by atoms with Gasteiger partial charge in [-0.05, 0) is 123 Å². The number of rotatable bonds is 4. The fraction of sp³-hybridized carbons (Fsp3) is 0.0714. The van der Waals surface area contributed by atoms with E-state index in [2.05, 4.69) is 209 Å². The third-order valence-corrected chi connectivity index (χ3v) is 12.5. The Morgan fingerprint density at radius 1 is 0.286 bits per heavy atom. The Labute approximate surface area is 328 Å². The van der Waals surface area contributed by atoms with E-state index in [9.17, 15) is 0 Å². The number of benzene rings is 10. The van der Waals surface area contributed by atoms with Crippen molar-refractivity contribution in [1.82, 2.24) is 0 Å². The van der Waals surface area contributed by atoms with Crippen LogP contribution in [0.2, 0.25) is 0 Å². The zero-order valence-electron chi connectivity index (χ0n) is 31.9. The molecule has 0 unspecified atom stereocenters. The van der Waals surface area contributed by atoms with Gasteiger partial charge in [0.25, 0.3) is 0 Å². The summed E-state index contributed by atoms with van der Waals surface area (Å²) in [5.41, 5.74) is 16.8. The molecule has 11 rings (SSSR count). The second-order valence-electron chi connectivity index (χ2n) is 16.1. The van der Waals surface area contributed by atoms with Crippen LogP contribution in [0.15, 0.2) is 188 Å². The van der Waals surface area contributed by atoms with Gasteiger partial charge in [-0.25, -0.2) is 0 Å². The highest BCUT2D eigenvalue weighted by atomic mass is 14.4. The molecule has 0 saturated carbocycles. The van der Waals surface area contributed by atoms with Gasteiger partial charge in [0.05, 0.1) is 0 Å². The summed E-state index contributed by atoms with van der Waals surface area (Å²) in [6.45, 7) is 6.89. The van der Waals surface area contributed by atoms with Crippen molar-refractivity contribution in [3.63, 3.8) is 0 Å². The van der Waals surface area contributed by atoms with E-state index in [1.165, 1.54) is 115 Å². The van der Waals surface area contributed by atoms with Crippen molar-refractivity contribution in [2.24, 2.45) is 0 Å². The van der Waals surface area contributed by atoms with E-state index in [0.717, 1.165) is 0 Å². The molecule has 0 heterocycles. The normalized spacial score (nSPS) is 13.1. The number of fused-ring (bicyclic) bond motifs is 7. The fourth-order valence-corrected chi connectivity index (χ4v) is 9.85. The summed E-state index contributed by atoms with van der Waals surface area (Å²) in [5.74, 6) is 0. The molecule has 0 amide bonds. The fourth-order valence-electron chi connectivity index (χ4n) is 9.85. The highest BCUT2D eigenvalue weighted by Gasteiger charge is 2.35. The van der Waals surface area contributed by atoms with Crippen molar-refractivity contribution < 1.29 is 0 Å². The van der Waals surface area contributed by atoms with E-state index in [4.69, 9.17) is 0 Å². The van der Waals surface area contributed by atoms with Crippen molar-refractivity contribution >= 4 is 43.1 Å². The Bertz CT molecular complexity index is 3080. The number of hydrogen-bond donors (Lipinski definition) is 0. The predicted molar refractivity (Wildman–Crippen MR) is 241 cm³/mol. The highest BCUT2D eigenvalue weighted by molar-refractivity contribution is 6.30. The average molecular weight is 713 g/mol. The summed E-state index contributed by atoms with van der Waals surface area (Å²) in [5, 5.41) is 10.2. The van der Waals surface area contributed by atoms with Gasteiger partial charge in [0.15, 0.2) is 0 Å². The van der Waals surface area contributed by atoms with E-state index in [0.29, 0.717) is 0 Å². The first-order chi connectivity index (χ1) is 27.5. The minimum Gasteiger partial charge on any atom is -0.0619 e. The summed E-state index contributed by atoms with van der Waals surface area (Å²) in [6.07, 6.45) is 0. The van der Waals surface area contributed by atoms with E-state index < -0.39 is 0 Å². The Kier molecular flexibility index (Phi) is 7.22. The lowest BCUT2D eigenvalue weighted by Crippen LogP contribution is -2.14. The van der Waals surface area contributed by atoms with Crippen LogP contribution in [0, 0.1) is 6.92 Å². The number of hydrogen-bond acceptors (Lipinski definition) is 0. The second kappa shape index (κ2) is 12.4. The van der Waals surface area contributed by atoms with Gasteiger partial charge in [0, 0.05) is 5.41 Å². The van der Waals surface area contributed by atoms with Crippen molar-refractivity contribution in [3.8, 4) is 55.6 Å². The summed E-state index contributed by atoms with van der Waals surface area (Å²) < 4.78 is 0. The molecule has 0 spiro atoms. The summed E-state index contributed by atoms with van der Waals surface area (Å²) in [7, 11) is 0. The molecule has 56 heavy (non-hydrogen) atoms. The number of aryl methyl sites for hydroxylation is 1. The lowest BCUT2D eigenvalue weighted by atomic mass is 9.79. The van der Waals surface area contributed by atoms with Crippen molar-refractivity contribution in [2.45, 2.75) is 26.2 Å². The maximum Gasteiger partial charge on any atom is 0.0159 e. The average Bonchev–Trinajstić information content (AvgIpc) is 3.47. The zero-order chi connectivity index (χ0) is 37.5. The van der Waals surface area contributed by atoms with Crippen molar-refractivity contribution in [1.29, 1.82) is 0 Å². The molecule has 0 saturated heterocycles. The van der Waals surface area contributed by atoms with Crippen LogP contribution in [0.1, 0.15) is 30.5 Å². The first kappa shape index (κ1) is 32.7.